The van der Waals surface area contributed by atoms with Crippen LogP contribution in [-0.4, -0.2) is 84.1 Å². The summed E-state index contributed by atoms with van der Waals surface area (Å²) in [6, 6.07) is 15.6. The van der Waals surface area contributed by atoms with E-state index in [1.807, 2.05) is 0 Å². The van der Waals surface area contributed by atoms with E-state index in [2.05, 4.69) is 84.6 Å². The largest absolute Gasteiger partial charge is 0.462 e. The van der Waals surface area contributed by atoms with Gasteiger partial charge in [0.1, 0.15) is 12.4 Å². The monoisotopic (exact) mass is 627 g/mol. The fourth-order valence-corrected chi connectivity index (χ4v) is 6.63. The standard InChI is InChI=1S/C35H43N7O2.H2S/c1-5-32(43)42-19-18-41(21-28(42)14-16-36)34-29-15-17-40(31-11-7-10-27-9-6-8-24(2)33(27)31)22-30(29)37-35(38-34)44-23-25(3)39(4)20-26-12-13-26;/h5-11,25-26,28H,1,12-15,17-23H2,2-4H3;1H2/t25-,28?;/m0./s1. The minimum absolute atomic E-state index is 0. The van der Waals surface area contributed by atoms with Crippen molar-refractivity contribution in [3.8, 4) is 12.1 Å². The van der Waals surface area contributed by atoms with Crippen LogP contribution in [0.2, 0.25) is 0 Å². The number of nitriles is 1. The number of fused-ring (bicyclic) bond motifs is 2. The normalized spacial score (nSPS) is 18.6. The molecule has 0 radical (unpaired) electrons. The second-order valence-corrected chi connectivity index (χ2v) is 12.6. The number of carbonyl (C=O) groups is 1. The van der Waals surface area contributed by atoms with Crippen molar-refractivity contribution in [3.05, 3.63) is 65.9 Å². The lowest BCUT2D eigenvalue weighted by atomic mass is 9.99. The van der Waals surface area contributed by atoms with Crippen LogP contribution >= 0.6 is 13.5 Å². The van der Waals surface area contributed by atoms with Gasteiger partial charge in [-0.2, -0.15) is 28.7 Å². The number of ether oxygens (including phenoxy) is 1. The summed E-state index contributed by atoms with van der Waals surface area (Å²) < 4.78 is 6.33. The molecule has 1 unspecified atom stereocenters. The zero-order valence-corrected chi connectivity index (χ0v) is 27.7. The van der Waals surface area contributed by atoms with Crippen molar-refractivity contribution >= 4 is 41.7 Å². The van der Waals surface area contributed by atoms with Crippen LogP contribution in [0.1, 0.15) is 43.0 Å². The van der Waals surface area contributed by atoms with Gasteiger partial charge < -0.3 is 24.3 Å². The van der Waals surface area contributed by atoms with Crippen molar-refractivity contribution < 1.29 is 9.53 Å². The molecule has 6 rings (SSSR count). The molecular formula is C35H45N7O2S. The third kappa shape index (κ3) is 7.05. The predicted molar refractivity (Wildman–Crippen MR) is 184 cm³/mol. The number of benzene rings is 2. The van der Waals surface area contributed by atoms with Gasteiger partial charge in [0.05, 0.1) is 30.8 Å². The van der Waals surface area contributed by atoms with E-state index in [9.17, 15) is 10.1 Å². The maximum absolute atomic E-state index is 12.6. The molecule has 9 nitrogen and oxygen atoms in total. The van der Waals surface area contributed by atoms with Crippen LogP contribution in [0.4, 0.5) is 11.5 Å². The Morgan fingerprint density at radius 3 is 2.69 bits per heavy atom. The van der Waals surface area contributed by atoms with Gasteiger partial charge in [0.15, 0.2) is 0 Å². The quantitative estimate of drug-likeness (QED) is 0.295. The first-order valence-corrected chi connectivity index (χ1v) is 15.9. The fourth-order valence-electron chi connectivity index (χ4n) is 6.63. The molecule has 1 amide bonds. The van der Waals surface area contributed by atoms with E-state index >= 15 is 0 Å². The second-order valence-electron chi connectivity index (χ2n) is 12.6. The van der Waals surface area contributed by atoms with E-state index in [0.717, 1.165) is 42.5 Å². The molecule has 1 aliphatic carbocycles. The van der Waals surface area contributed by atoms with E-state index in [1.54, 1.807) is 4.90 Å². The second kappa shape index (κ2) is 14.1. The summed E-state index contributed by atoms with van der Waals surface area (Å²) in [6.45, 7) is 12.8. The Bertz CT molecular complexity index is 1580. The SMILES string of the molecule is C=CC(=O)N1CCN(c2nc(OC[C@H](C)N(C)CC3CC3)nc3c2CCN(c2cccc4cccc(C)c24)C3)CC1CC#N.S. The van der Waals surface area contributed by atoms with Crippen molar-refractivity contribution in [1.29, 1.82) is 5.26 Å². The molecule has 3 aliphatic rings. The number of hydrogen-bond acceptors (Lipinski definition) is 8. The lowest BCUT2D eigenvalue weighted by Gasteiger charge is -2.42. The number of nitrogens with zero attached hydrogens (tertiary/aromatic N) is 7. The number of anilines is 2. The molecule has 2 fully saturated rings. The maximum atomic E-state index is 12.6. The van der Waals surface area contributed by atoms with Crippen molar-refractivity contribution in [2.75, 3.05) is 56.2 Å². The molecular weight excluding hydrogens is 582 g/mol. The molecule has 1 saturated heterocycles. The average molecular weight is 628 g/mol. The summed E-state index contributed by atoms with van der Waals surface area (Å²) >= 11 is 0. The molecule has 45 heavy (non-hydrogen) atoms. The molecule has 2 aliphatic heterocycles. The Morgan fingerprint density at radius 1 is 1.18 bits per heavy atom. The number of likely N-dealkylation sites (N-methyl/N-ethyl adjacent to an activating group) is 1. The van der Waals surface area contributed by atoms with Crippen molar-refractivity contribution in [2.24, 2.45) is 5.92 Å². The summed E-state index contributed by atoms with van der Waals surface area (Å²) in [5.74, 6) is 1.54. The zero-order chi connectivity index (χ0) is 30.8. The fraction of sp³-hybridized carbons (Fsp3) is 0.486. The smallest absolute Gasteiger partial charge is 0.318 e. The summed E-state index contributed by atoms with van der Waals surface area (Å²) in [4.78, 5) is 31.4. The van der Waals surface area contributed by atoms with Gasteiger partial charge in [-0.25, -0.2) is 0 Å². The van der Waals surface area contributed by atoms with Crippen LogP contribution in [0, 0.1) is 24.2 Å². The molecule has 3 aromatic rings. The summed E-state index contributed by atoms with van der Waals surface area (Å²) in [7, 11) is 2.16. The highest BCUT2D eigenvalue weighted by atomic mass is 32.1. The first-order valence-electron chi connectivity index (χ1n) is 15.9. The Hall–Kier alpha value is -3.81. The van der Waals surface area contributed by atoms with Crippen LogP contribution in [0.3, 0.4) is 0 Å². The highest BCUT2D eigenvalue weighted by Gasteiger charge is 2.33. The number of hydrogen-bond donors (Lipinski definition) is 0. The van der Waals surface area contributed by atoms with Gasteiger partial charge in [0.2, 0.25) is 5.91 Å². The van der Waals surface area contributed by atoms with Gasteiger partial charge in [-0.1, -0.05) is 36.9 Å². The van der Waals surface area contributed by atoms with Crippen LogP contribution in [0.15, 0.2) is 49.1 Å². The van der Waals surface area contributed by atoms with E-state index in [-0.39, 0.29) is 37.9 Å². The molecule has 0 bridgehead atoms. The molecule has 2 aromatic carbocycles. The Labute approximate surface area is 273 Å². The van der Waals surface area contributed by atoms with E-state index in [4.69, 9.17) is 14.7 Å². The minimum atomic E-state index is -0.232. The first-order chi connectivity index (χ1) is 21.4. The van der Waals surface area contributed by atoms with Crippen LogP contribution in [0.25, 0.3) is 10.8 Å². The third-order valence-electron chi connectivity index (χ3n) is 9.47. The number of rotatable bonds is 10. The van der Waals surface area contributed by atoms with Gasteiger partial charge in [-0.05, 0) is 69.2 Å². The molecule has 1 saturated carbocycles. The average Bonchev–Trinajstić information content (AvgIpc) is 3.86. The van der Waals surface area contributed by atoms with Crippen LogP contribution in [0.5, 0.6) is 6.01 Å². The zero-order valence-electron chi connectivity index (χ0n) is 26.7. The van der Waals surface area contributed by atoms with Crippen molar-refractivity contribution in [2.45, 2.75) is 58.2 Å². The van der Waals surface area contributed by atoms with Gasteiger partial charge in [0, 0.05) is 55.4 Å². The van der Waals surface area contributed by atoms with Crippen molar-refractivity contribution in [1.82, 2.24) is 19.8 Å². The predicted octanol–water partition coefficient (Wildman–Crippen LogP) is 4.84. The summed E-state index contributed by atoms with van der Waals surface area (Å²) in [6.07, 6.45) is 5.03. The van der Waals surface area contributed by atoms with Gasteiger partial charge >= 0.3 is 6.01 Å². The Kier molecular flexibility index (Phi) is 10.2. The highest BCUT2D eigenvalue weighted by Crippen LogP contribution is 2.36. The molecule has 3 heterocycles. The summed E-state index contributed by atoms with van der Waals surface area (Å²) in [5, 5.41) is 12.1. The topological polar surface area (TPSA) is 88.8 Å². The van der Waals surface area contributed by atoms with Gasteiger partial charge in [0.25, 0.3) is 0 Å². The first kappa shape index (κ1) is 32.6. The molecule has 10 heteroatoms. The van der Waals surface area contributed by atoms with E-state index < -0.39 is 0 Å². The number of aryl methyl sites for hydroxylation is 1. The van der Waals surface area contributed by atoms with Gasteiger partial charge in [-0.15, -0.1) is 0 Å². The highest BCUT2D eigenvalue weighted by molar-refractivity contribution is 7.59. The lowest BCUT2D eigenvalue weighted by molar-refractivity contribution is -0.128. The minimum Gasteiger partial charge on any atom is -0.462 e. The van der Waals surface area contributed by atoms with Crippen LogP contribution in [-0.2, 0) is 17.8 Å². The molecule has 0 N–H and O–H groups in total. The molecule has 2 atom stereocenters. The van der Waals surface area contributed by atoms with Crippen LogP contribution < -0.4 is 14.5 Å². The Balaban J connectivity index is 0.00000400. The van der Waals surface area contributed by atoms with E-state index in [0.29, 0.717) is 38.8 Å². The summed E-state index contributed by atoms with van der Waals surface area (Å²) in [5.41, 5.74) is 4.58. The number of aromatic nitrogens is 2. The number of amides is 1. The number of carbonyl (C=O) groups excluding carboxylic acids is 1. The third-order valence-corrected chi connectivity index (χ3v) is 9.47. The molecule has 238 valence electrons. The lowest BCUT2D eigenvalue weighted by Crippen LogP contribution is -2.55. The number of piperazine rings is 1. The Morgan fingerprint density at radius 2 is 1.96 bits per heavy atom. The maximum Gasteiger partial charge on any atom is 0.318 e. The molecule has 0 spiro atoms. The van der Waals surface area contributed by atoms with E-state index in [1.165, 1.54) is 40.9 Å². The van der Waals surface area contributed by atoms with Gasteiger partial charge in [-0.3, -0.25) is 4.79 Å². The van der Waals surface area contributed by atoms with Crippen molar-refractivity contribution in [3.63, 3.8) is 0 Å². The molecule has 1 aromatic heterocycles.